The summed E-state index contributed by atoms with van der Waals surface area (Å²) in [5.74, 6) is 0. The molecule has 2 N–H and O–H groups in total. The van der Waals surface area contributed by atoms with Gasteiger partial charge in [0.15, 0.2) is 0 Å². The molecule has 0 aromatic heterocycles. The Labute approximate surface area is 114 Å². The maximum absolute atomic E-state index is 9.53. The predicted molar refractivity (Wildman–Crippen MR) is 85.3 cm³/mol. The summed E-state index contributed by atoms with van der Waals surface area (Å²) in [6.07, 6.45) is 3.31. The van der Waals surface area contributed by atoms with Gasteiger partial charge in [0, 0.05) is 0 Å². The van der Waals surface area contributed by atoms with Gasteiger partial charge >= 0.3 is 7.12 Å². The Morgan fingerprint density at radius 1 is 1.05 bits per heavy atom. The van der Waals surface area contributed by atoms with E-state index in [1.54, 1.807) is 12.2 Å². The Hall–Kier alpha value is -1.84. The first kappa shape index (κ1) is 15.2. The number of rotatable bonds is 3. The Bertz CT molecular complexity index is 589. The first-order valence-electron chi connectivity index (χ1n) is 6.35. The summed E-state index contributed by atoms with van der Waals surface area (Å²) >= 11 is 0. The summed E-state index contributed by atoms with van der Waals surface area (Å²) in [6.45, 7) is 11.5. The van der Waals surface area contributed by atoms with Gasteiger partial charge in [-0.25, -0.2) is 0 Å². The predicted octanol–water partition coefficient (Wildman–Crippen LogP) is 2.83. The number of hydrogen-bond donors (Lipinski definition) is 2. The van der Waals surface area contributed by atoms with Gasteiger partial charge in [0.2, 0.25) is 0 Å². The van der Waals surface area contributed by atoms with Crippen LogP contribution in [-0.4, -0.2) is 17.2 Å². The molecule has 0 aliphatic carbocycles. The van der Waals surface area contributed by atoms with Crippen LogP contribution < -0.4 is 5.46 Å². The average molecular weight is 254 g/mol. The molecule has 19 heavy (non-hydrogen) atoms. The lowest BCUT2D eigenvalue weighted by Gasteiger charge is -2.13. The van der Waals surface area contributed by atoms with Crippen molar-refractivity contribution in [3.8, 4) is 0 Å². The van der Waals surface area contributed by atoms with E-state index in [1.807, 2.05) is 44.2 Å². The third-order valence-electron chi connectivity index (χ3n) is 2.85. The van der Waals surface area contributed by atoms with Crippen molar-refractivity contribution in [3.63, 3.8) is 0 Å². The van der Waals surface area contributed by atoms with E-state index in [0.717, 1.165) is 16.3 Å². The molecule has 98 valence electrons. The van der Waals surface area contributed by atoms with Crippen molar-refractivity contribution < 1.29 is 10.0 Å². The minimum Gasteiger partial charge on any atom is -0.423 e. The van der Waals surface area contributed by atoms with Gasteiger partial charge in [-0.1, -0.05) is 63.4 Å². The maximum atomic E-state index is 9.53. The second-order valence-electron chi connectivity index (χ2n) is 3.80. The SMILES string of the molecule is C=Cc1cc2ccccc2c(B(O)O)c1C=C.CC. The Morgan fingerprint density at radius 2 is 1.68 bits per heavy atom. The van der Waals surface area contributed by atoms with Crippen LogP contribution in [0.5, 0.6) is 0 Å². The lowest BCUT2D eigenvalue weighted by atomic mass is 9.72. The molecule has 0 fully saturated rings. The number of benzene rings is 2. The first-order valence-corrected chi connectivity index (χ1v) is 6.35. The lowest BCUT2D eigenvalue weighted by molar-refractivity contribution is 0.426. The second kappa shape index (κ2) is 6.93. The minimum atomic E-state index is -1.52. The Kier molecular flexibility index (Phi) is 5.55. The summed E-state index contributed by atoms with van der Waals surface area (Å²) in [5.41, 5.74) is 2.04. The van der Waals surface area contributed by atoms with Crippen LogP contribution in [0.3, 0.4) is 0 Å². The van der Waals surface area contributed by atoms with E-state index < -0.39 is 7.12 Å². The molecule has 0 radical (unpaired) electrons. The molecule has 2 rings (SSSR count). The van der Waals surface area contributed by atoms with Crippen molar-refractivity contribution in [1.82, 2.24) is 0 Å². The van der Waals surface area contributed by atoms with Gasteiger partial charge in [-0.3, -0.25) is 0 Å². The van der Waals surface area contributed by atoms with E-state index in [4.69, 9.17) is 0 Å². The highest BCUT2D eigenvalue weighted by Gasteiger charge is 2.19. The fourth-order valence-electron chi connectivity index (χ4n) is 2.09. The Morgan fingerprint density at radius 3 is 2.21 bits per heavy atom. The van der Waals surface area contributed by atoms with Crippen LogP contribution in [0.25, 0.3) is 22.9 Å². The summed E-state index contributed by atoms with van der Waals surface area (Å²) in [4.78, 5) is 0. The zero-order chi connectivity index (χ0) is 14.4. The first-order chi connectivity index (χ1) is 9.19. The monoisotopic (exact) mass is 254 g/mol. The van der Waals surface area contributed by atoms with Gasteiger partial charge in [0.05, 0.1) is 0 Å². The van der Waals surface area contributed by atoms with Crippen LogP contribution in [0.2, 0.25) is 0 Å². The van der Waals surface area contributed by atoms with Crippen molar-refractivity contribution in [2.75, 3.05) is 0 Å². The van der Waals surface area contributed by atoms with Crippen LogP contribution >= 0.6 is 0 Å². The molecule has 3 heteroatoms. The molecule has 0 aliphatic heterocycles. The topological polar surface area (TPSA) is 40.5 Å². The van der Waals surface area contributed by atoms with Crippen molar-refractivity contribution >= 4 is 35.5 Å². The molecule has 2 nitrogen and oxygen atoms in total. The molecule has 0 saturated carbocycles. The normalized spacial score (nSPS) is 9.47. The van der Waals surface area contributed by atoms with Gasteiger partial charge in [-0.2, -0.15) is 0 Å². The highest BCUT2D eigenvalue weighted by atomic mass is 16.4. The largest absolute Gasteiger partial charge is 0.489 e. The van der Waals surface area contributed by atoms with Crippen molar-refractivity contribution in [1.29, 1.82) is 0 Å². The van der Waals surface area contributed by atoms with Crippen molar-refractivity contribution in [3.05, 3.63) is 54.6 Å². The quantitative estimate of drug-likeness (QED) is 0.827. The third-order valence-corrected chi connectivity index (χ3v) is 2.85. The molecule has 0 aliphatic rings. The fourth-order valence-corrected chi connectivity index (χ4v) is 2.09. The van der Waals surface area contributed by atoms with Gasteiger partial charge in [-0.15, -0.1) is 0 Å². The molecular formula is C16H19BO2. The van der Waals surface area contributed by atoms with E-state index in [2.05, 4.69) is 13.2 Å². The van der Waals surface area contributed by atoms with E-state index in [-0.39, 0.29) is 0 Å². The van der Waals surface area contributed by atoms with Crippen LogP contribution in [0, 0.1) is 0 Å². The van der Waals surface area contributed by atoms with E-state index in [9.17, 15) is 10.0 Å². The van der Waals surface area contributed by atoms with Crippen molar-refractivity contribution in [2.45, 2.75) is 13.8 Å². The highest BCUT2D eigenvalue weighted by Crippen LogP contribution is 2.20. The molecule has 0 bridgehead atoms. The Balaban J connectivity index is 0.000000861. The average Bonchev–Trinajstić information content (AvgIpc) is 2.46. The second-order valence-corrected chi connectivity index (χ2v) is 3.80. The third kappa shape index (κ3) is 2.95. The summed E-state index contributed by atoms with van der Waals surface area (Å²) < 4.78 is 0. The summed E-state index contributed by atoms with van der Waals surface area (Å²) in [7, 11) is -1.52. The van der Waals surface area contributed by atoms with Crippen molar-refractivity contribution in [2.24, 2.45) is 0 Å². The zero-order valence-corrected chi connectivity index (χ0v) is 11.4. The molecule has 0 heterocycles. The molecule has 0 unspecified atom stereocenters. The van der Waals surface area contributed by atoms with E-state index >= 15 is 0 Å². The number of fused-ring (bicyclic) bond motifs is 1. The van der Waals surface area contributed by atoms with E-state index in [1.165, 1.54) is 0 Å². The minimum absolute atomic E-state index is 0.480. The van der Waals surface area contributed by atoms with Gasteiger partial charge in [-0.05, 0) is 33.4 Å². The molecular weight excluding hydrogens is 235 g/mol. The lowest BCUT2D eigenvalue weighted by Crippen LogP contribution is -2.33. The molecule has 0 atom stereocenters. The maximum Gasteiger partial charge on any atom is 0.489 e. The highest BCUT2D eigenvalue weighted by molar-refractivity contribution is 6.63. The van der Waals surface area contributed by atoms with Gasteiger partial charge in [0.25, 0.3) is 0 Å². The van der Waals surface area contributed by atoms with E-state index in [0.29, 0.717) is 11.0 Å². The summed E-state index contributed by atoms with van der Waals surface area (Å²) in [6, 6.07) is 9.54. The zero-order valence-electron chi connectivity index (χ0n) is 11.4. The van der Waals surface area contributed by atoms with Gasteiger partial charge in [0.1, 0.15) is 0 Å². The smallest absolute Gasteiger partial charge is 0.423 e. The molecule has 0 amide bonds. The molecule has 2 aromatic carbocycles. The molecule has 2 aromatic rings. The standard InChI is InChI=1S/C14H13BO2.C2H6/c1-3-10-9-11-7-5-6-8-13(11)14(15(16)17)12(10)4-2;1-2/h3-9,16-17H,1-2H2;1-2H3. The molecule has 0 saturated heterocycles. The van der Waals surface area contributed by atoms with Crippen LogP contribution in [0.15, 0.2) is 43.5 Å². The number of hydrogen-bond acceptors (Lipinski definition) is 2. The van der Waals surface area contributed by atoms with Crippen LogP contribution in [0.4, 0.5) is 0 Å². The van der Waals surface area contributed by atoms with Crippen LogP contribution in [-0.2, 0) is 0 Å². The van der Waals surface area contributed by atoms with Gasteiger partial charge < -0.3 is 10.0 Å². The summed E-state index contributed by atoms with van der Waals surface area (Å²) in [5, 5.41) is 20.8. The van der Waals surface area contributed by atoms with Crippen LogP contribution in [0.1, 0.15) is 25.0 Å². The fraction of sp³-hybridized carbons (Fsp3) is 0.125. The molecule has 0 spiro atoms.